The zero-order valence-electron chi connectivity index (χ0n) is 20.1. The standard InChI is InChI=1S/C24H32F2N4O4S/c1-29(2)21(31)19-5-3-17(4-6-19)9-16-35(33,34)30-14-12-23(13-15-30)22(32)27-20(28-23)18-7-10-24(25,26)11-8-18/h3-6,18H,7-16H2,1-2H3,(H,27,28,32). The van der Waals surface area contributed by atoms with Crippen LogP contribution in [0.3, 0.4) is 0 Å². The second kappa shape index (κ2) is 9.57. The topological polar surface area (TPSA) is 99.2 Å². The van der Waals surface area contributed by atoms with Crippen LogP contribution in [-0.4, -0.2) is 79.7 Å². The van der Waals surface area contributed by atoms with Crippen molar-refractivity contribution in [2.45, 2.75) is 56.4 Å². The summed E-state index contributed by atoms with van der Waals surface area (Å²) in [5.74, 6) is -2.79. The van der Waals surface area contributed by atoms with Gasteiger partial charge in [0.1, 0.15) is 11.4 Å². The Balaban J connectivity index is 1.33. The van der Waals surface area contributed by atoms with E-state index in [1.54, 1.807) is 38.4 Å². The van der Waals surface area contributed by atoms with Gasteiger partial charge in [-0.15, -0.1) is 0 Å². The minimum absolute atomic E-state index is 0.0715. The molecule has 35 heavy (non-hydrogen) atoms. The zero-order valence-corrected chi connectivity index (χ0v) is 20.9. The molecule has 1 spiro atoms. The molecule has 3 aliphatic rings. The maximum Gasteiger partial charge on any atom is 0.253 e. The van der Waals surface area contributed by atoms with E-state index in [1.807, 2.05) is 0 Å². The van der Waals surface area contributed by atoms with E-state index in [9.17, 15) is 26.8 Å². The lowest BCUT2D eigenvalue weighted by atomic mass is 9.86. The molecule has 11 heteroatoms. The molecule has 1 N–H and O–H groups in total. The third kappa shape index (κ3) is 5.55. The molecule has 2 heterocycles. The molecule has 0 aromatic heterocycles. The van der Waals surface area contributed by atoms with Gasteiger partial charge in [-0.1, -0.05) is 12.1 Å². The number of nitrogens with zero attached hydrogens (tertiary/aromatic N) is 3. The zero-order chi connectivity index (χ0) is 25.4. The van der Waals surface area contributed by atoms with Gasteiger partial charge in [0, 0.05) is 51.5 Å². The van der Waals surface area contributed by atoms with Gasteiger partial charge in [-0.25, -0.2) is 21.5 Å². The number of hydrogen-bond donors (Lipinski definition) is 1. The van der Waals surface area contributed by atoms with Gasteiger partial charge in [-0.2, -0.15) is 0 Å². The summed E-state index contributed by atoms with van der Waals surface area (Å²) < 4.78 is 54.3. The van der Waals surface area contributed by atoms with Crippen molar-refractivity contribution < 1.29 is 26.8 Å². The number of aliphatic imine (C=N–C) groups is 1. The largest absolute Gasteiger partial charge is 0.345 e. The van der Waals surface area contributed by atoms with Gasteiger partial charge in [0.25, 0.3) is 11.8 Å². The highest BCUT2D eigenvalue weighted by molar-refractivity contribution is 7.89. The molecule has 4 rings (SSSR count). The van der Waals surface area contributed by atoms with E-state index in [4.69, 9.17) is 0 Å². The van der Waals surface area contributed by atoms with Crippen LogP contribution in [0.2, 0.25) is 0 Å². The van der Waals surface area contributed by atoms with Crippen molar-refractivity contribution >= 4 is 27.7 Å². The van der Waals surface area contributed by atoms with Crippen LogP contribution in [0.1, 0.15) is 54.4 Å². The molecule has 2 amide bonds. The van der Waals surface area contributed by atoms with Crippen LogP contribution < -0.4 is 5.32 Å². The summed E-state index contributed by atoms with van der Waals surface area (Å²) in [6.45, 7) is 0.372. The van der Waals surface area contributed by atoms with Crippen molar-refractivity contribution in [3.8, 4) is 0 Å². The lowest BCUT2D eigenvalue weighted by molar-refractivity contribution is -0.125. The summed E-state index contributed by atoms with van der Waals surface area (Å²) in [6.07, 6.45) is 1.01. The number of carbonyl (C=O) groups excluding carboxylic acids is 2. The summed E-state index contributed by atoms with van der Waals surface area (Å²) in [5.41, 5.74) is 0.357. The molecule has 0 unspecified atom stereocenters. The SMILES string of the molecule is CN(C)C(=O)c1ccc(CCS(=O)(=O)N2CCC3(CC2)N=C(C2CCC(F)(F)CC2)NC3=O)cc1. The number of benzene rings is 1. The number of halogens is 2. The van der Waals surface area contributed by atoms with Crippen molar-refractivity contribution in [1.29, 1.82) is 0 Å². The van der Waals surface area contributed by atoms with E-state index in [0.29, 0.717) is 17.8 Å². The Morgan fingerprint density at radius 2 is 1.71 bits per heavy atom. The molecule has 1 aliphatic carbocycles. The molecule has 0 radical (unpaired) electrons. The Kier molecular flexibility index (Phi) is 7.02. The molecule has 192 valence electrons. The quantitative estimate of drug-likeness (QED) is 0.636. The van der Waals surface area contributed by atoms with Crippen LogP contribution in [0.5, 0.6) is 0 Å². The van der Waals surface area contributed by atoms with E-state index < -0.39 is 21.5 Å². The van der Waals surface area contributed by atoms with E-state index in [2.05, 4.69) is 10.3 Å². The third-order valence-electron chi connectivity index (χ3n) is 7.30. The smallest absolute Gasteiger partial charge is 0.253 e. The fraction of sp³-hybridized carbons (Fsp3) is 0.625. The highest BCUT2D eigenvalue weighted by Crippen LogP contribution is 2.39. The Bertz CT molecular complexity index is 1100. The lowest BCUT2D eigenvalue weighted by Crippen LogP contribution is -2.51. The van der Waals surface area contributed by atoms with Crippen molar-refractivity contribution in [1.82, 2.24) is 14.5 Å². The predicted octanol–water partition coefficient (Wildman–Crippen LogP) is 2.45. The Morgan fingerprint density at radius 1 is 1.11 bits per heavy atom. The third-order valence-corrected chi connectivity index (χ3v) is 9.17. The summed E-state index contributed by atoms with van der Waals surface area (Å²) in [4.78, 5) is 30.9. The molecule has 1 aromatic carbocycles. The van der Waals surface area contributed by atoms with Gasteiger partial charge < -0.3 is 10.2 Å². The number of amides is 2. The van der Waals surface area contributed by atoms with Crippen LogP contribution >= 0.6 is 0 Å². The average molecular weight is 511 g/mol. The van der Waals surface area contributed by atoms with Gasteiger partial charge in [-0.05, 0) is 49.8 Å². The summed E-state index contributed by atoms with van der Waals surface area (Å²) in [6, 6.07) is 6.91. The fourth-order valence-corrected chi connectivity index (χ4v) is 6.46. The number of nitrogens with one attached hydrogen (secondary N) is 1. The van der Waals surface area contributed by atoms with Crippen molar-refractivity contribution in [3.05, 3.63) is 35.4 Å². The maximum atomic E-state index is 13.5. The minimum atomic E-state index is -3.54. The van der Waals surface area contributed by atoms with E-state index in [-0.39, 0.29) is 75.1 Å². The monoisotopic (exact) mass is 510 g/mol. The second-order valence-electron chi connectivity index (χ2n) is 9.97. The first-order valence-electron chi connectivity index (χ1n) is 12.0. The number of sulfonamides is 1. The van der Waals surface area contributed by atoms with Gasteiger partial charge in [0.2, 0.25) is 15.9 Å². The highest BCUT2D eigenvalue weighted by Gasteiger charge is 2.49. The van der Waals surface area contributed by atoms with Gasteiger partial charge in [0.15, 0.2) is 0 Å². The Morgan fingerprint density at radius 3 is 2.29 bits per heavy atom. The minimum Gasteiger partial charge on any atom is -0.345 e. The molecule has 0 bridgehead atoms. The van der Waals surface area contributed by atoms with Crippen molar-refractivity contribution in [2.75, 3.05) is 32.9 Å². The highest BCUT2D eigenvalue weighted by atomic mass is 32.2. The first-order valence-corrected chi connectivity index (χ1v) is 13.6. The predicted molar refractivity (Wildman–Crippen MR) is 128 cm³/mol. The molecule has 0 atom stereocenters. The van der Waals surface area contributed by atoms with E-state index in [0.717, 1.165) is 5.56 Å². The number of alkyl halides is 2. The molecule has 1 saturated heterocycles. The molecule has 8 nitrogen and oxygen atoms in total. The normalized spacial score (nSPS) is 22.6. The number of piperidine rings is 1. The molecule has 1 saturated carbocycles. The number of aryl methyl sites for hydroxylation is 1. The first-order chi connectivity index (χ1) is 16.4. The second-order valence-corrected chi connectivity index (χ2v) is 12.1. The van der Waals surface area contributed by atoms with Crippen LogP contribution in [-0.2, 0) is 21.2 Å². The first kappa shape index (κ1) is 25.7. The lowest BCUT2D eigenvalue weighted by Gasteiger charge is -2.34. The number of amidine groups is 1. The van der Waals surface area contributed by atoms with Crippen molar-refractivity contribution in [3.63, 3.8) is 0 Å². The molecule has 2 fully saturated rings. The summed E-state index contributed by atoms with van der Waals surface area (Å²) in [7, 11) is -0.196. The fourth-order valence-electron chi connectivity index (χ4n) is 4.97. The molecule has 2 aliphatic heterocycles. The number of rotatable bonds is 6. The summed E-state index contributed by atoms with van der Waals surface area (Å²) in [5, 5.41) is 2.80. The van der Waals surface area contributed by atoms with Crippen LogP contribution in [0.4, 0.5) is 8.78 Å². The average Bonchev–Trinajstić information content (AvgIpc) is 3.13. The van der Waals surface area contributed by atoms with E-state index in [1.165, 1.54) is 9.21 Å². The molecule has 1 aromatic rings. The summed E-state index contributed by atoms with van der Waals surface area (Å²) >= 11 is 0. The van der Waals surface area contributed by atoms with Crippen LogP contribution in [0.15, 0.2) is 29.3 Å². The van der Waals surface area contributed by atoms with Crippen LogP contribution in [0, 0.1) is 5.92 Å². The van der Waals surface area contributed by atoms with E-state index >= 15 is 0 Å². The Labute approximate surface area is 204 Å². The molecular formula is C24H32F2N4O4S. The number of carbonyl (C=O) groups is 2. The van der Waals surface area contributed by atoms with Crippen LogP contribution in [0.25, 0.3) is 0 Å². The van der Waals surface area contributed by atoms with Crippen molar-refractivity contribution in [2.24, 2.45) is 10.9 Å². The molecular weight excluding hydrogens is 478 g/mol. The van der Waals surface area contributed by atoms with Gasteiger partial charge >= 0.3 is 0 Å². The van der Waals surface area contributed by atoms with Gasteiger partial charge in [-0.3, -0.25) is 14.6 Å². The Hall–Kier alpha value is -2.40. The van der Waals surface area contributed by atoms with Gasteiger partial charge in [0.05, 0.1) is 5.75 Å². The maximum absolute atomic E-state index is 13.5. The number of hydrogen-bond acceptors (Lipinski definition) is 5.